The van der Waals surface area contributed by atoms with Crippen molar-refractivity contribution in [1.29, 1.82) is 0 Å². The Bertz CT molecular complexity index is 721. The fourth-order valence-electron chi connectivity index (χ4n) is 2.24. The Kier molecular flexibility index (Phi) is 6.32. The number of esters is 1. The number of halogens is 2. The summed E-state index contributed by atoms with van der Waals surface area (Å²) >= 11 is 5.83. The van der Waals surface area contributed by atoms with Gasteiger partial charge in [-0.3, -0.25) is 9.59 Å². The molecule has 0 heterocycles. The number of hydrogen-bond donors (Lipinski definition) is 1. The van der Waals surface area contributed by atoms with Crippen LogP contribution in [0.3, 0.4) is 0 Å². The molecule has 2 aromatic carbocycles. The SMILES string of the molecule is CC[C@H](C(=O)OCC(=O)Nc1ccc(F)cc1Cl)c1ccccc1. The van der Waals surface area contributed by atoms with Gasteiger partial charge in [0.2, 0.25) is 0 Å². The van der Waals surface area contributed by atoms with Crippen LogP contribution in [-0.2, 0) is 14.3 Å². The van der Waals surface area contributed by atoms with Gasteiger partial charge in [-0.15, -0.1) is 0 Å². The van der Waals surface area contributed by atoms with Gasteiger partial charge in [-0.05, 0) is 30.2 Å². The molecule has 2 aromatic rings. The summed E-state index contributed by atoms with van der Waals surface area (Å²) in [4.78, 5) is 24.0. The Morgan fingerprint density at radius 3 is 2.54 bits per heavy atom. The number of benzene rings is 2. The maximum atomic E-state index is 13.0. The second-order valence-electron chi connectivity index (χ2n) is 5.15. The third kappa shape index (κ3) is 4.80. The highest BCUT2D eigenvalue weighted by Gasteiger charge is 2.21. The Hall–Kier alpha value is -2.40. The van der Waals surface area contributed by atoms with Crippen LogP contribution in [0.4, 0.5) is 10.1 Å². The van der Waals surface area contributed by atoms with Crippen molar-refractivity contribution in [3.8, 4) is 0 Å². The molecule has 0 aliphatic rings. The lowest BCUT2D eigenvalue weighted by Crippen LogP contribution is -2.24. The zero-order valence-corrected chi connectivity index (χ0v) is 13.8. The predicted octanol–water partition coefficient (Wildman–Crippen LogP) is 4.15. The number of carbonyl (C=O) groups is 2. The molecule has 1 atom stereocenters. The van der Waals surface area contributed by atoms with E-state index < -0.39 is 30.2 Å². The first-order valence-corrected chi connectivity index (χ1v) is 7.85. The Morgan fingerprint density at radius 2 is 1.92 bits per heavy atom. The summed E-state index contributed by atoms with van der Waals surface area (Å²) in [5, 5.41) is 2.55. The summed E-state index contributed by atoms with van der Waals surface area (Å²) in [6.07, 6.45) is 0.564. The molecule has 1 amide bonds. The number of hydrogen-bond acceptors (Lipinski definition) is 3. The fourth-order valence-corrected chi connectivity index (χ4v) is 2.45. The molecule has 0 saturated heterocycles. The molecule has 0 bridgehead atoms. The van der Waals surface area contributed by atoms with Gasteiger partial charge in [-0.25, -0.2) is 4.39 Å². The molecule has 24 heavy (non-hydrogen) atoms. The van der Waals surface area contributed by atoms with E-state index in [1.165, 1.54) is 12.1 Å². The van der Waals surface area contributed by atoms with Gasteiger partial charge in [0.15, 0.2) is 6.61 Å². The van der Waals surface area contributed by atoms with Crippen LogP contribution in [0.1, 0.15) is 24.8 Å². The lowest BCUT2D eigenvalue weighted by Gasteiger charge is -2.14. The van der Waals surface area contributed by atoms with E-state index in [1.807, 2.05) is 37.3 Å². The van der Waals surface area contributed by atoms with Crippen molar-refractivity contribution < 1.29 is 18.7 Å². The Labute approximate surface area is 144 Å². The second kappa shape index (κ2) is 8.45. The molecule has 0 radical (unpaired) electrons. The number of anilines is 1. The molecule has 0 saturated carbocycles. The van der Waals surface area contributed by atoms with E-state index in [4.69, 9.17) is 16.3 Å². The van der Waals surface area contributed by atoms with E-state index >= 15 is 0 Å². The molecule has 0 aliphatic heterocycles. The van der Waals surface area contributed by atoms with Crippen molar-refractivity contribution in [2.45, 2.75) is 19.3 Å². The molecule has 126 valence electrons. The summed E-state index contributed by atoms with van der Waals surface area (Å²) in [6.45, 7) is 1.44. The van der Waals surface area contributed by atoms with E-state index in [0.29, 0.717) is 6.42 Å². The largest absolute Gasteiger partial charge is 0.455 e. The van der Waals surface area contributed by atoms with Crippen molar-refractivity contribution in [2.24, 2.45) is 0 Å². The molecule has 1 N–H and O–H groups in total. The van der Waals surface area contributed by atoms with Crippen LogP contribution in [0.15, 0.2) is 48.5 Å². The molecule has 0 spiro atoms. The molecular formula is C18H17ClFNO3. The number of carbonyl (C=O) groups excluding carboxylic acids is 2. The molecule has 0 aromatic heterocycles. The Balaban J connectivity index is 1.92. The van der Waals surface area contributed by atoms with Gasteiger partial charge in [0, 0.05) is 0 Å². The number of nitrogens with one attached hydrogen (secondary N) is 1. The number of ether oxygens (including phenoxy) is 1. The van der Waals surface area contributed by atoms with Crippen molar-refractivity contribution in [3.05, 3.63) is 64.9 Å². The molecule has 6 heteroatoms. The summed E-state index contributed by atoms with van der Waals surface area (Å²) < 4.78 is 18.0. The van der Waals surface area contributed by atoms with Crippen LogP contribution < -0.4 is 5.32 Å². The molecular weight excluding hydrogens is 333 g/mol. The molecule has 0 unspecified atom stereocenters. The summed E-state index contributed by atoms with van der Waals surface area (Å²) in [7, 11) is 0. The maximum Gasteiger partial charge on any atom is 0.313 e. The first-order valence-electron chi connectivity index (χ1n) is 7.47. The fraction of sp³-hybridized carbons (Fsp3) is 0.222. The maximum absolute atomic E-state index is 13.0. The minimum atomic E-state index is -0.542. The average Bonchev–Trinajstić information content (AvgIpc) is 2.57. The van der Waals surface area contributed by atoms with Crippen LogP contribution in [0.25, 0.3) is 0 Å². The molecule has 0 fully saturated rings. The van der Waals surface area contributed by atoms with Crippen LogP contribution >= 0.6 is 11.6 Å². The van der Waals surface area contributed by atoms with E-state index in [0.717, 1.165) is 11.6 Å². The highest BCUT2D eigenvalue weighted by molar-refractivity contribution is 6.33. The van der Waals surface area contributed by atoms with Crippen molar-refractivity contribution in [2.75, 3.05) is 11.9 Å². The monoisotopic (exact) mass is 349 g/mol. The first-order chi connectivity index (χ1) is 11.5. The lowest BCUT2D eigenvalue weighted by molar-refractivity contribution is -0.149. The number of amides is 1. The van der Waals surface area contributed by atoms with Crippen molar-refractivity contribution in [3.63, 3.8) is 0 Å². The normalized spacial score (nSPS) is 11.6. The van der Waals surface area contributed by atoms with E-state index in [2.05, 4.69) is 5.32 Å². The standard InChI is InChI=1S/C18H17ClFNO3/c1-2-14(12-6-4-3-5-7-12)18(23)24-11-17(22)21-16-9-8-13(20)10-15(16)19/h3-10,14H,2,11H2,1H3,(H,21,22)/t14-/m0/s1. The lowest BCUT2D eigenvalue weighted by atomic mass is 9.97. The quantitative estimate of drug-likeness (QED) is 0.797. The van der Waals surface area contributed by atoms with Gasteiger partial charge in [0.25, 0.3) is 5.91 Å². The minimum absolute atomic E-state index is 0.0744. The highest BCUT2D eigenvalue weighted by Crippen LogP contribution is 2.23. The van der Waals surface area contributed by atoms with E-state index in [9.17, 15) is 14.0 Å². The summed E-state index contributed by atoms with van der Waals surface area (Å²) in [5.41, 5.74) is 1.10. The molecule has 0 aliphatic carbocycles. The van der Waals surface area contributed by atoms with Gasteiger partial charge < -0.3 is 10.1 Å². The second-order valence-corrected chi connectivity index (χ2v) is 5.56. The van der Waals surface area contributed by atoms with Gasteiger partial charge in [-0.2, -0.15) is 0 Å². The van der Waals surface area contributed by atoms with Crippen molar-refractivity contribution in [1.82, 2.24) is 0 Å². The topological polar surface area (TPSA) is 55.4 Å². The van der Waals surface area contributed by atoms with Crippen LogP contribution in [0, 0.1) is 5.82 Å². The average molecular weight is 350 g/mol. The Morgan fingerprint density at radius 1 is 1.21 bits per heavy atom. The highest BCUT2D eigenvalue weighted by atomic mass is 35.5. The van der Waals surface area contributed by atoms with Crippen LogP contribution in [0.5, 0.6) is 0 Å². The van der Waals surface area contributed by atoms with Gasteiger partial charge >= 0.3 is 5.97 Å². The summed E-state index contributed by atoms with van der Waals surface area (Å²) in [5.74, 6) is -1.93. The number of rotatable bonds is 6. The smallest absolute Gasteiger partial charge is 0.313 e. The zero-order valence-electron chi connectivity index (χ0n) is 13.1. The van der Waals surface area contributed by atoms with Crippen LogP contribution in [0.2, 0.25) is 5.02 Å². The first kappa shape index (κ1) is 17.9. The predicted molar refractivity (Wildman–Crippen MR) is 90.5 cm³/mol. The molecule has 2 rings (SSSR count). The van der Waals surface area contributed by atoms with Gasteiger partial charge in [-0.1, -0.05) is 48.9 Å². The van der Waals surface area contributed by atoms with Crippen LogP contribution in [-0.4, -0.2) is 18.5 Å². The minimum Gasteiger partial charge on any atom is -0.455 e. The molecule has 4 nitrogen and oxygen atoms in total. The van der Waals surface area contributed by atoms with E-state index in [-0.39, 0.29) is 10.7 Å². The zero-order chi connectivity index (χ0) is 17.5. The van der Waals surface area contributed by atoms with Gasteiger partial charge in [0.05, 0.1) is 16.6 Å². The third-order valence-electron chi connectivity index (χ3n) is 3.45. The third-order valence-corrected chi connectivity index (χ3v) is 3.76. The summed E-state index contributed by atoms with van der Waals surface area (Å²) in [6, 6.07) is 12.8. The van der Waals surface area contributed by atoms with Gasteiger partial charge in [0.1, 0.15) is 5.82 Å². The van der Waals surface area contributed by atoms with E-state index in [1.54, 1.807) is 0 Å². The van der Waals surface area contributed by atoms with Crippen molar-refractivity contribution >= 4 is 29.2 Å².